The zero-order valence-electron chi connectivity index (χ0n) is 11.5. The molecule has 8 heteroatoms. The van der Waals surface area contributed by atoms with Crippen LogP contribution in [-0.2, 0) is 9.59 Å². The maximum Gasteiger partial charge on any atom is 0.303 e. The van der Waals surface area contributed by atoms with Crippen LogP contribution in [0, 0.1) is 0 Å². The Morgan fingerprint density at radius 2 is 1.23 bits per heavy atom. The van der Waals surface area contributed by atoms with E-state index in [9.17, 15) is 9.59 Å². The zero-order valence-corrected chi connectivity index (χ0v) is 13.1. The molecule has 0 aliphatic heterocycles. The molecule has 0 spiro atoms. The first-order chi connectivity index (χ1) is 10.6. The lowest BCUT2D eigenvalue weighted by Gasteiger charge is -1.97. The molecule has 2 heterocycles. The predicted molar refractivity (Wildman–Crippen MR) is 84.7 cm³/mol. The number of nitrogens with zero attached hydrogens (tertiary/aromatic N) is 2. The smallest absolute Gasteiger partial charge is 0.303 e. The number of hydrogen-bond acceptors (Lipinski definition) is 6. The highest BCUT2D eigenvalue weighted by Gasteiger charge is 2.00. The summed E-state index contributed by atoms with van der Waals surface area (Å²) in [7, 11) is 3.23. The average Bonchev–Trinajstić information content (AvgIpc) is 2.54. The molecule has 2 aromatic rings. The molecule has 0 aliphatic carbocycles. The van der Waals surface area contributed by atoms with Gasteiger partial charge < -0.3 is 10.2 Å². The third-order valence-electron chi connectivity index (χ3n) is 2.04. The summed E-state index contributed by atoms with van der Waals surface area (Å²) in [5.41, 5.74) is 0. The Labute approximate surface area is 135 Å². The highest BCUT2D eigenvalue weighted by Crippen LogP contribution is 2.34. The standard InChI is InChI=1S/C10H8N2S2.C4H6O4/c1-3-7-11-9(5-1)13-14-10-6-2-4-8-12-10;5-3(6)1-2-4(7)8/h1-8H;1-2H2,(H,5,6)(H,7,8). The molecular formula is C14H14N2O4S2. The Hall–Kier alpha value is -2.06. The van der Waals surface area contributed by atoms with E-state index in [4.69, 9.17) is 10.2 Å². The fraction of sp³-hybridized carbons (Fsp3) is 0.143. The molecule has 0 fully saturated rings. The molecule has 0 atom stereocenters. The van der Waals surface area contributed by atoms with Gasteiger partial charge in [0.25, 0.3) is 0 Å². The van der Waals surface area contributed by atoms with Gasteiger partial charge in [-0.1, -0.05) is 12.1 Å². The van der Waals surface area contributed by atoms with Crippen molar-refractivity contribution in [1.82, 2.24) is 9.97 Å². The summed E-state index contributed by atoms with van der Waals surface area (Å²) in [5.74, 6) is -2.15. The molecule has 0 saturated heterocycles. The molecule has 0 aliphatic rings. The molecule has 2 N–H and O–H groups in total. The lowest BCUT2D eigenvalue weighted by atomic mass is 10.3. The first-order valence-corrected chi connectivity index (χ1v) is 8.33. The van der Waals surface area contributed by atoms with Crippen molar-refractivity contribution < 1.29 is 19.8 Å². The van der Waals surface area contributed by atoms with E-state index in [1.165, 1.54) is 0 Å². The van der Waals surface area contributed by atoms with Crippen LogP contribution < -0.4 is 0 Å². The summed E-state index contributed by atoms with van der Waals surface area (Å²) in [5, 5.41) is 17.8. The number of carbonyl (C=O) groups is 2. The van der Waals surface area contributed by atoms with E-state index in [0.717, 1.165) is 10.1 Å². The Balaban J connectivity index is 0.000000261. The molecule has 22 heavy (non-hydrogen) atoms. The van der Waals surface area contributed by atoms with Crippen molar-refractivity contribution in [3.05, 3.63) is 48.8 Å². The van der Waals surface area contributed by atoms with Crippen LogP contribution in [0.25, 0.3) is 0 Å². The van der Waals surface area contributed by atoms with Gasteiger partial charge in [-0.25, -0.2) is 9.97 Å². The van der Waals surface area contributed by atoms with Crippen LogP contribution in [0.5, 0.6) is 0 Å². The Bertz CT molecular complexity index is 528. The van der Waals surface area contributed by atoms with Gasteiger partial charge in [-0.15, -0.1) is 0 Å². The Morgan fingerprint density at radius 3 is 1.50 bits per heavy atom. The Morgan fingerprint density at radius 1 is 0.818 bits per heavy atom. The molecule has 0 bridgehead atoms. The van der Waals surface area contributed by atoms with Gasteiger partial charge in [0.2, 0.25) is 0 Å². The van der Waals surface area contributed by atoms with E-state index in [1.807, 2.05) is 36.4 Å². The summed E-state index contributed by atoms with van der Waals surface area (Å²) in [6.45, 7) is 0. The molecule has 0 radical (unpaired) electrons. The largest absolute Gasteiger partial charge is 0.481 e. The molecule has 0 saturated carbocycles. The van der Waals surface area contributed by atoms with E-state index in [1.54, 1.807) is 34.0 Å². The van der Waals surface area contributed by atoms with Crippen LogP contribution in [0.15, 0.2) is 58.8 Å². The molecule has 0 aromatic carbocycles. The summed E-state index contributed by atoms with van der Waals surface area (Å²) in [6.07, 6.45) is 2.99. The number of carboxylic acid groups (broad SMARTS) is 2. The molecule has 6 nitrogen and oxygen atoms in total. The molecule has 0 amide bonds. The third kappa shape index (κ3) is 8.98. The van der Waals surface area contributed by atoms with Gasteiger partial charge in [-0.05, 0) is 45.9 Å². The van der Waals surface area contributed by atoms with E-state index in [-0.39, 0.29) is 12.8 Å². The first-order valence-electron chi connectivity index (χ1n) is 6.18. The van der Waals surface area contributed by atoms with Gasteiger partial charge in [-0.2, -0.15) is 0 Å². The topological polar surface area (TPSA) is 100 Å². The van der Waals surface area contributed by atoms with Crippen LogP contribution in [-0.4, -0.2) is 32.1 Å². The monoisotopic (exact) mass is 338 g/mol. The van der Waals surface area contributed by atoms with Gasteiger partial charge in [0.1, 0.15) is 10.1 Å². The number of aromatic nitrogens is 2. The van der Waals surface area contributed by atoms with Crippen LogP contribution in [0.2, 0.25) is 0 Å². The fourth-order valence-corrected chi connectivity index (χ4v) is 2.84. The van der Waals surface area contributed by atoms with Crippen molar-refractivity contribution >= 4 is 33.5 Å². The van der Waals surface area contributed by atoms with Gasteiger partial charge in [0, 0.05) is 12.4 Å². The highest BCUT2D eigenvalue weighted by molar-refractivity contribution is 8.76. The van der Waals surface area contributed by atoms with Crippen LogP contribution in [0.4, 0.5) is 0 Å². The van der Waals surface area contributed by atoms with E-state index in [2.05, 4.69) is 9.97 Å². The molecule has 0 unspecified atom stereocenters. The summed E-state index contributed by atoms with van der Waals surface area (Å²) in [6, 6.07) is 11.8. The van der Waals surface area contributed by atoms with Crippen LogP contribution in [0.3, 0.4) is 0 Å². The quantitative estimate of drug-likeness (QED) is 0.774. The van der Waals surface area contributed by atoms with Crippen molar-refractivity contribution in [3.8, 4) is 0 Å². The fourth-order valence-electron chi connectivity index (χ4n) is 1.09. The minimum Gasteiger partial charge on any atom is -0.481 e. The highest BCUT2D eigenvalue weighted by atomic mass is 33.1. The van der Waals surface area contributed by atoms with Gasteiger partial charge in [-0.3, -0.25) is 9.59 Å². The van der Waals surface area contributed by atoms with Crippen molar-refractivity contribution in [3.63, 3.8) is 0 Å². The van der Waals surface area contributed by atoms with E-state index >= 15 is 0 Å². The summed E-state index contributed by atoms with van der Waals surface area (Å²) < 4.78 is 0. The lowest BCUT2D eigenvalue weighted by molar-refractivity contribution is -0.143. The maximum absolute atomic E-state index is 9.64. The number of pyridine rings is 2. The van der Waals surface area contributed by atoms with Gasteiger partial charge in [0.05, 0.1) is 12.8 Å². The van der Waals surface area contributed by atoms with Gasteiger partial charge in [0.15, 0.2) is 0 Å². The van der Waals surface area contributed by atoms with Crippen molar-refractivity contribution in [1.29, 1.82) is 0 Å². The number of hydrogen-bond donors (Lipinski definition) is 2. The molecule has 2 rings (SSSR count). The van der Waals surface area contributed by atoms with Crippen molar-refractivity contribution in [2.45, 2.75) is 22.9 Å². The molecule has 116 valence electrons. The minimum atomic E-state index is -1.08. The van der Waals surface area contributed by atoms with Crippen molar-refractivity contribution in [2.24, 2.45) is 0 Å². The van der Waals surface area contributed by atoms with E-state index < -0.39 is 11.9 Å². The maximum atomic E-state index is 9.64. The summed E-state index contributed by atoms with van der Waals surface area (Å²) in [4.78, 5) is 27.7. The normalized spacial score (nSPS) is 9.45. The third-order valence-corrected chi connectivity index (χ3v) is 4.22. The molecule has 2 aromatic heterocycles. The number of carboxylic acids is 2. The Kier molecular flexibility index (Phi) is 8.70. The van der Waals surface area contributed by atoms with Crippen LogP contribution >= 0.6 is 21.6 Å². The zero-order chi connectivity index (χ0) is 16.2. The SMILES string of the molecule is O=C(O)CCC(=O)O.c1ccc(SSc2ccccn2)nc1. The summed E-state index contributed by atoms with van der Waals surface area (Å²) >= 11 is 0. The second kappa shape index (κ2) is 10.6. The lowest BCUT2D eigenvalue weighted by Crippen LogP contribution is -2.00. The predicted octanol–water partition coefficient (Wildman–Crippen LogP) is 3.21. The number of rotatable bonds is 6. The second-order valence-corrected chi connectivity index (χ2v) is 5.96. The molecular weight excluding hydrogens is 324 g/mol. The second-order valence-electron chi connectivity index (χ2n) is 3.79. The first kappa shape index (κ1) is 18.0. The average molecular weight is 338 g/mol. The minimum absolute atomic E-state index is 0.296. The van der Waals surface area contributed by atoms with Gasteiger partial charge >= 0.3 is 11.9 Å². The number of aliphatic carboxylic acids is 2. The van der Waals surface area contributed by atoms with Crippen LogP contribution in [0.1, 0.15) is 12.8 Å². The van der Waals surface area contributed by atoms with E-state index in [0.29, 0.717) is 0 Å². The van der Waals surface area contributed by atoms with Crippen molar-refractivity contribution in [2.75, 3.05) is 0 Å².